The standard InChI is InChI=1S/C12H20N2O3/c1-9-4-6-13(10(9)8-15)7-12(17)14-5-2-3-11(14)16/h9-10,15H,2-8H2,1H3. The highest BCUT2D eigenvalue weighted by Crippen LogP contribution is 2.23. The first-order chi connectivity index (χ1) is 8.13. The zero-order valence-electron chi connectivity index (χ0n) is 10.3. The number of nitrogens with zero attached hydrogens (tertiary/aromatic N) is 2. The summed E-state index contributed by atoms with van der Waals surface area (Å²) in [5, 5.41) is 9.30. The molecule has 96 valence electrons. The van der Waals surface area contributed by atoms with Crippen molar-refractivity contribution < 1.29 is 14.7 Å². The lowest BCUT2D eigenvalue weighted by Gasteiger charge is -2.26. The van der Waals surface area contributed by atoms with E-state index in [0.717, 1.165) is 19.4 Å². The summed E-state index contributed by atoms with van der Waals surface area (Å²) in [6.07, 6.45) is 2.28. The van der Waals surface area contributed by atoms with Gasteiger partial charge >= 0.3 is 0 Å². The molecule has 2 fully saturated rings. The molecular formula is C12H20N2O3. The normalized spacial score (nSPS) is 30.2. The minimum Gasteiger partial charge on any atom is -0.395 e. The minimum atomic E-state index is -0.111. The predicted molar refractivity (Wildman–Crippen MR) is 62.2 cm³/mol. The Bertz CT molecular complexity index is 319. The van der Waals surface area contributed by atoms with E-state index >= 15 is 0 Å². The van der Waals surface area contributed by atoms with Crippen LogP contribution < -0.4 is 0 Å². The molecule has 0 spiro atoms. The monoisotopic (exact) mass is 240 g/mol. The van der Waals surface area contributed by atoms with Crippen molar-refractivity contribution in [3.8, 4) is 0 Å². The van der Waals surface area contributed by atoms with Crippen LogP contribution in [-0.4, -0.2) is 59.0 Å². The van der Waals surface area contributed by atoms with Crippen LogP contribution in [0.4, 0.5) is 0 Å². The summed E-state index contributed by atoms with van der Waals surface area (Å²) in [6, 6.07) is 0.0663. The lowest BCUT2D eigenvalue weighted by molar-refractivity contribution is -0.142. The predicted octanol–water partition coefficient (Wildman–Crippen LogP) is -0.162. The molecule has 2 aliphatic rings. The van der Waals surface area contributed by atoms with Gasteiger partial charge in [-0.1, -0.05) is 6.92 Å². The number of hydrogen-bond donors (Lipinski definition) is 1. The Balaban J connectivity index is 1.92. The number of likely N-dealkylation sites (tertiary alicyclic amines) is 2. The fraction of sp³-hybridized carbons (Fsp3) is 0.833. The van der Waals surface area contributed by atoms with Gasteiger partial charge in [0.15, 0.2) is 0 Å². The van der Waals surface area contributed by atoms with Gasteiger partial charge in [-0.05, 0) is 25.3 Å². The van der Waals surface area contributed by atoms with E-state index in [2.05, 4.69) is 6.92 Å². The van der Waals surface area contributed by atoms with E-state index < -0.39 is 0 Å². The van der Waals surface area contributed by atoms with Gasteiger partial charge in [-0.15, -0.1) is 0 Å². The van der Waals surface area contributed by atoms with Gasteiger partial charge in [0.25, 0.3) is 0 Å². The second kappa shape index (κ2) is 5.14. The van der Waals surface area contributed by atoms with Crippen molar-refractivity contribution >= 4 is 11.8 Å². The van der Waals surface area contributed by atoms with Crippen molar-refractivity contribution in [3.05, 3.63) is 0 Å². The molecule has 5 nitrogen and oxygen atoms in total. The van der Waals surface area contributed by atoms with Crippen LogP contribution >= 0.6 is 0 Å². The van der Waals surface area contributed by atoms with Crippen molar-refractivity contribution in [1.29, 1.82) is 0 Å². The summed E-state index contributed by atoms with van der Waals surface area (Å²) >= 11 is 0. The Kier molecular flexibility index (Phi) is 3.79. The molecule has 0 radical (unpaired) electrons. The van der Waals surface area contributed by atoms with Gasteiger partial charge in [-0.2, -0.15) is 0 Å². The number of amides is 2. The number of hydrogen-bond acceptors (Lipinski definition) is 4. The summed E-state index contributed by atoms with van der Waals surface area (Å²) < 4.78 is 0. The van der Waals surface area contributed by atoms with Gasteiger partial charge in [0.05, 0.1) is 13.2 Å². The zero-order valence-corrected chi connectivity index (χ0v) is 10.3. The van der Waals surface area contributed by atoms with E-state index in [0.29, 0.717) is 18.9 Å². The Hall–Kier alpha value is -0.940. The van der Waals surface area contributed by atoms with Gasteiger partial charge in [0, 0.05) is 19.0 Å². The molecule has 0 aliphatic carbocycles. The average molecular weight is 240 g/mol. The molecule has 2 heterocycles. The molecule has 2 atom stereocenters. The van der Waals surface area contributed by atoms with Crippen LogP contribution in [0.3, 0.4) is 0 Å². The number of rotatable bonds is 3. The SMILES string of the molecule is CC1CCN(CC(=O)N2CCCC2=O)C1CO. The van der Waals surface area contributed by atoms with Crippen LogP contribution in [0.25, 0.3) is 0 Å². The Morgan fingerprint density at radius 2 is 2.24 bits per heavy atom. The minimum absolute atomic E-state index is 0.0530. The number of imide groups is 1. The Labute approximate surface area is 101 Å². The van der Waals surface area contributed by atoms with E-state index in [1.807, 2.05) is 4.90 Å². The molecule has 0 saturated carbocycles. The zero-order chi connectivity index (χ0) is 12.4. The maximum Gasteiger partial charge on any atom is 0.243 e. The van der Waals surface area contributed by atoms with Crippen LogP contribution in [0.2, 0.25) is 0 Å². The molecule has 0 bridgehead atoms. The molecule has 17 heavy (non-hydrogen) atoms. The van der Waals surface area contributed by atoms with E-state index in [9.17, 15) is 14.7 Å². The second-order valence-electron chi connectivity index (χ2n) is 5.03. The molecule has 5 heteroatoms. The first kappa shape index (κ1) is 12.5. The number of carbonyl (C=O) groups excluding carboxylic acids is 2. The summed E-state index contributed by atoms with van der Waals surface area (Å²) in [5.74, 6) is 0.255. The number of aliphatic hydroxyl groups excluding tert-OH is 1. The van der Waals surface area contributed by atoms with Gasteiger partial charge in [-0.25, -0.2) is 0 Å². The molecule has 1 N–H and O–H groups in total. The first-order valence-electron chi connectivity index (χ1n) is 6.31. The maximum absolute atomic E-state index is 12.0. The van der Waals surface area contributed by atoms with Gasteiger partial charge in [0.1, 0.15) is 0 Å². The highest BCUT2D eigenvalue weighted by atomic mass is 16.3. The molecule has 0 aromatic carbocycles. The highest BCUT2D eigenvalue weighted by Gasteiger charge is 2.34. The molecule has 0 aromatic rings. The second-order valence-corrected chi connectivity index (χ2v) is 5.03. The molecule has 2 amide bonds. The summed E-state index contributed by atoms with van der Waals surface area (Å²) in [7, 11) is 0. The maximum atomic E-state index is 12.0. The van der Waals surface area contributed by atoms with Gasteiger partial charge in [0.2, 0.25) is 11.8 Å². The van der Waals surface area contributed by atoms with Crippen molar-refractivity contribution in [2.24, 2.45) is 5.92 Å². The Morgan fingerprint density at radius 3 is 2.82 bits per heavy atom. The van der Waals surface area contributed by atoms with Crippen molar-refractivity contribution in [1.82, 2.24) is 9.80 Å². The summed E-state index contributed by atoms with van der Waals surface area (Å²) in [4.78, 5) is 26.8. The summed E-state index contributed by atoms with van der Waals surface area (Å²) in [6.45, 7) is 3.83. The van der Waals surface area contributed by atoms with E-state index in [1.165, 1.54) is 4.90 Å². The third-order valence-corrected chi connectivity index (χ3v) is 3.90. The molecular weight excluding hydrogens is 220 g/mol. The quantitative estimate of drug-likeness (QED) is 0.744. The first-order valence-corrected chi connectivity index (χ1v) is 6.31. The van der Waals surface area contributed by atoms with E-state index in [4.69, 9.17) is 0 Å². The van der Waals surface area contributed by atoms with E-state index in [-0.39, 0.29) is 31.0 Å². The van der Waals surface area contributed by atoms with Crippen LogP contribution in [0, 0.1) is 5.92 Å². The number of carbonyl (C=O) groups is 2. The van der Waals surface area contributed by atoms with Gasteiger partial charge < -0.3 is 5.11 Å². The van der Waals surface area contributed by atoms with Crippen LogP contribution in [-0.2, 0) is 9.59 Å². The van der Waals surface area contributed by atoms with Crippen LogP contribution in [0.1, 0.15) is 26.2 Å². The highest BCUT2D eigenvalue weighted by molar-refractivity contribution is 5.97. The lowest BCUT2D eigenvalue weighted by atomic mass is 10.0. The fourth-order valence-corrected chi connectivity index (χ4v) is 2.75. The molecule has 2 aliphatic heterocycles. The largest absolute Gasteiger partial charge is 0.395 e. The molecule has 0 aromatic heterocycles. The third-order valence-electron chi connectivity index (χ3n) is 3.90. The molecule has 2 saturated heterocycles. The molecule has 2 rings (SSSR count). The fourth-order valence-electron chi connectivity index (χ4n) is 2.75. The third kappa shape index (κ3) is 2.50. The van der Waals surface area contributed by atoms with E-state index in [1.54, 1.807) is 0 Å². The molecule has 2 unspecified atom stereocenters. The van der Waals surface area contributed by atoms with Crippen molar-refractivity contribution in [2.75, 3.05) is 26.2 Å². The van der Waals surface area contributed by atoms with Crippen molar-refractivity contribution in [3.63, 3.8) is 0 Å². The van der Waals surface area contributed by atoms with Crippen LogP contribution in [0.15, 0.2) is 0 Å². The number of aliphatic hydroxyl groups is 1. The average Bonchev–Trinajstić information content (AvgIpc) is 2.85. The van der Waals surface area contributed by atoms with Gasteiger partial charge in [-0.3, -0.25) is 19.4 Å². The van der Waals surface area contributed by atoms with Crippen molar-refractivity contribution in [2.45, 2.75) is 32.2 Å². The topological polar surface area (TPSA) is 60.9 Å². The summed E-state index contributed by atoms with van der Waals surface area (Å²) in [5.41, 5.74) is 0. The lowest BCUT2D eigenvalue weighted by Crippen LogP contribution is -2.44. The Morgan fingerprint density at radius 1 is 1.47 bits per heavy atom. The smallest absolute Gasteiger partial charge is 0.243 e. The van der Waals surface area contributed by atoms with Crippen LogP contribution in [0.5, 0.6) is 0 Å².